The van der Waals surface area contributed by atoms with Gasteiger partial charge in [0.1, 0.15) is 5.01 Å². The van der Waals surface area contributed by atoms with Crippen molar-refractivity contribution in [3.8, 4) is 0 Å². The molecule has 0 aliphatic carbocycles. The van der Waals surface area contributed by atoms with E-state index in [1.807, 2.05) is 17.0 Å². The lowest BCUT2D eigenvalue weighted by molar-refractivity contribution is -0.146. The molecule has 0 bridgehead atoms. The number of aromatic nitrogens is 1. The summed E-state index contributed by atoms with van der Waals surface area (Å²) in [6, 6.07) is 14.5. The van der Waals surface area contributed by atoms with Gasteiger partial charge in [-0.05, 0) is 36.1 Å². The molecule has 34 heavy (non-hydrogen) atoms. The van der Waals surface area contributed by atoms with Crippen molar-refractivity contribution in [3.63, 3.8) is 0 Å². The number of hydrogen-bond donors (Lipinski definition) is 3. The molecule has 0 aliphatic heterocycles. The molecule has 0 saturated carbocycles. The second-order valence-corrected chi connectivity index (χ2v) is 9.48. The Balaban J connectivity index is 1.87. The van der Waals surface area contributed by atoms with Crippen molar-refractivity contribution < 1.29 is 27.3 Å². The first-order valence-electron chi connectivity index (χ1n) is 10.4. The largest absolute Gasteiger partial charge is 0.468 e. The van der Waals surface area contributed by atoms with Crippen LogP contribution in [0.2, 0.25) is 0 Å². The molecule has 0 spiro atoms. The van der Waals surface area contributed by atoms with E-state index < -0.39 is 34.1 Å². The Kier molecular flexibility index (Phi) is 8.37. The summed E-state index contributed by atoms with van der Waals surface area (Å²) >= 11 is 1.41. The van der Waals surface area contributed by atoms with E-state index in [0.29, 0.717) is 17.0 Å². The number of ether oxygens (including phenoxy) is 1. The van der Waals surface area contributed by atoms with Crippen molar-refractivity contribution in [2.75, 3.05) is 11.8 Å². The van der Waals surface area contributed by atoms with Crippen LogP contribution in [-0.4, -0.2) is 36.9 Å². The van der Waals surface area contributed by atoms with E-state index in [9.17, 15) is 18.0 Å². The van der Waals surface area contributed by atoms with Gasteiger partial charge < -0.3 is 10.1 Å². The number of amides is 1. The summed E-state index contributed by atoms with van der Waals surface area (Å²) < 4.78 is 37.8. The number of nitrogens with zero attached hydrogens (tertiary/aromatic N) is 1. The van der Waals surface area contributed by atoms with E-state index in [1.54, 1.807) is 42.5 Å². The Labute approximate surface area is 202 Å². The van der Waals surface area contributed by atoms with E-state index in [2.05, 4.69) is 10.3 Å². The fourth-order valence-corrected chi connectivity index (χ4v) is 4.74. The SMILES string of the molecule is CCc1csc([C@H](Cc2ccc(NS(=O)(=O)O)cc2)NC(=O)C(C(=O)OC)c2ccccc2)n1. The van der Waals surface area contributed by atoms with Crippen LogP contribution in [0.4, 0.5) is 5.69 Å². The molecule has 0 aliphatic rings. The van der Waals surface area contributed by atoms with Gasteiger partial charge in [-0.15, -0.1) is 11.3 Å². The van der Waals surface area contributed by atoms with E-state index in [0.717, 1.165) is 17.7 Å². The highest BCUT2D eigenvalue weighted by molar-refractivity contribution is 7.87. The van der Waals surface area contributed by atoms with Crippen molar-refractivity contribution in [2.45, 2.75) is 31.7 Å². The maximum absolute atomic E-state index is 13.3. The maximum atomic E-state index is 13.3. The molecular weight excluding hydrogens is 478 g/mol. The van der Waals surface area contributed by atoms with Gasteiger partial charge in [-0.2, -0.15) is 8.42 Å². The summed E-state index contributed by atoms with van der Waals surface area (Å²) in [5.74, 6) is -2.32. The number of carbonyl (C=O) groups excluding carboxylic acids is 2. The van der Waals surface area contributed by atoms with Crippen LogP contribution in [0.15, 0.2) is 60.0 Å². The van der Waals surface area contributed by atoms with E-state index >= 15 is 0 Å². The van der Waals surface area contributed by atoms with Gasteiger partial charge in [0.2, 0.25) is 5.91 Å². The van der Waals surface area contributed by atoms with Crippen LogP contribution in [0.3, 0.4) is 0 Å². The fourth-order valence-electron chi connectivity index (χ4n) is 3.35. The van der Waals surface area contributed by atoms with Crippen LogP contribution < -0.4 is 10.0 Å². The number of hydrogen-bond acceptors (Lipinski definition) is 7. The standard InChI is InChI=1S/C23H25N3O6S2/c1-3-17-14-33-22(24-17)19(13-15-9-11-18(12-10-15)26-34(29,30)31)25-21(27)20(23(28)32-2)16-7-5-4-6-8-16/h4-12,14,19-20,26H,3,13H2,1-2H3,(H,25,27)(H,29,30,31)/t19-,20?/m0/s1. The van der Waals surface area contributed by atoms with Gasteiger partial charge >= 0.3 is 16.3 Å². The van der Waals surface area contributed by atoms with Gasteiger partial charge in [0.25, 0.3) is 0 Å². The van der Waals surface area contributed by atoms with Crippen LogP contribution in [-0.2, 0) is 37.5 Å². The molecule has 1 aromatic heterocycles. The van der Waals surface area contributed by atoms with Crippen molar-refractivity contribution in [2.24, 2.45) is 0 Å². The van der Waals surface area contributed by atoms with Crippen molar-refractivity contribution >= 4 is 39.2 Å². The fraction of sp³-hybridized carbons (Fsp3) is 0.261. The summed E-state index contributed by atoms with van der Waals surface area (Å²) in [7, 11) is -3.14. The van der Waals surface area contributed by atoms with Gasteiger partial charge in [0.05, 0.1) is 24.5 Å². The first kappa shape index (κ1) is 25.3. The zero-order chi connectivity index (χ0) is 24.7. The molecule has 2 aromatic carbocycles. The highest BCUT2D eigenvalue weighted by Gasteiger charge is 2.32. The molecule has 1 heterocycles. The Morgan fingerprint density at radius 1 is 1.12 bits per heavy atom. The number of rotatable bonds is 10. The smallest absolute Gasteiger partial charge is 0.357 e. The molecule has 3 N–H and O–H groups in total. The number of nitrogens with one attached hydrogen (secondary N) is 2. The number of esters is 1. The third-order valence-corrected chi connectivity index (χ3v) is 6.52. The maximum Gasteiger partial charge on any atom is 0.357 e. The first-order valence-corrected chi connectivity index (χ1v) is 12.7. The molecule has 2 atom stereocenters. The van der Waals surface area contributed by atoms with Crippen molar-refractivity contribution in [1.29, 1.82) is 0 Å². The van der Waals surface area contributed by atoms with Gasteiger partial charge in [-0.25, -0.2) is 4.98 Å². The van der Waals surface area contributed by atoms with Crippen LogP contribution in [0.1, 0.15) is 40.7 Å². The van der Waals surface area contributed by atoms with Crippen LogP contribution in [0, 0.1) is 0 Å². The van der Waals surface area contributed by atoms with Crippen LogP contribution >= 0.6 is 11.3 Å². The molecule has 3 aromatic rings. The predicted octanol–water partition coefficient (Wildman–Crippen LogP) is 3.28. The number of benzene rings is 2. The minimum Gasteiger partial charge on any atom is -0.468 e. The summed E-state index contributed by atoms with van der Waals surface area (Å²) in [5.41, 5.74) is 2.39. The van der Waals surface area contributed by atoms with Gasteiger partial charge in [0, 0.05) is 5.38 Å². The lowest BCUT2D eigenvalue weighted by Gasteiger charge is -2.21. The third-order valence-electron chi connectivity index (χ3n) is 5.02. The van der Waals surface area contributed by atoms with Gasteiger partial charge in [0.15, 0.2) is 5.92 Å². The molecule has 0 fully saturated rings. The minimum atomic E-state index is -4.38. The summed E-state index contributed by atoms with van der Waals surface area (Å²) in [6.07, 6.45) is 1.08. The second kappa shape index (κ2) is 11.2. The molecule has 0 radical (unpaired) electrons. The topological polar surface area (TPSA) is 135 Å². The number of methoxy groups -OCH3 is 1. The second-order valence-electron chi connectivity index (χ2n) is 7.44. The quantitative estimate of drug-likeness (QED) is 0.220. The van der Waals surface area contributed by atoms with Crippen LogP contribution in [0.25, 0.3) is 0 Å². The van der Waals surface area contributed by atoms with Gasteiger partial charge in [-0.3, -0.25) is 18.9 Å². The Hall–Kier alpha value is -3.28. The number of aryl methyl sites for hydroxylation is 1. The number of thiazole rings is 1. The normalized spacial score (nSPS) is 13.0. The molecular formula is C23H25N3O6S2. The lowest BCUT2D eigenvalue weighted by Crippen LogP contribution is -2.37. The molecule has 180 valence electrons. The monoisotopic (exact) mass is 503 g/mol. The summed E-state index contributed by atoms with van der Waals surface area (Å²) in [5, 5.41) is 5.54. The Morgan fingerprint density at radius 2 is 1.79 bits per heavy atom. The van der Waals surface area contributed by atoms with Crippen molar-refractivity contribution in [1.82, 2.24) is 10.3 Å². The number of anilines is 1. The van der Waals surface area contributed by atoms with E-state index in [1.165, 1.54) is 30.6 Å². The summed E-state index contributed by atoms with van der Waals surface area (Å²) in [4.78, 5) is 30.3. The van der Waals surface area contributed by atoms with Crippen LogP contribution in [0.5, 0.6) is 0 Å². The van der Waals surface area contributed by atoms with E-state index in [4.69, 9.17) is 9.29 Å². The lowest BCUT2D eigenvalue weighted by atomic mass is 9.97. The Bertz CT molecular complexity index is 1230. The molecule has 0 saturated heterocycles. The minimum absolute atomic E-state index is 0.198. The zero-order valence-electron chi connectivity index (χ0n) is 18.6. The molecule has 1 unspecified atom stereocenters. The van der Waals surface area contributed by atoms with E-state index in [-0.39, 0.29) is 5.69 Å². The molecule has 3 rings (SSSR count). The predicted molar refractivity (Wildman–Crippen MR) is 129 cm³/mol. The van der Waals surface area contributed by atoms with Gasteiger partial charge in [-0.1, -0.05) is 49.4 Å². The highest BCUT2D eigenvalue weighted by atomic mass is 32.2. The molecule has 1 amide bonds. The third kappa shape index (κ3) is 6.86. The average molecular weight is 504 g/mol. The summed E-state index contributed by atoms with van der Waals surface area (Å²) in [6.45, 7) is 1.98. The highest BCUT2D eigenvalue weighted by Crippen LogP contribution is 2.26. The molecule has 9 nitrogen and oxygen atoms in total. The Morgan fingerprint density at radius 3 is 2.35 bits per heavy atom. The average Bonchev–Trinajstić information content (AvgIpc) is 3.29. The first-order chi connectivity index (χ1) is 16.2. The number of carbonyl (C=O) groups is 2. The van der Waals surface area contributed by atoms with Crippen molar-refractivity contribution in [3.05, 3.63) is 81.8 Å². The zero-order valence-corrected chi connectivity index (χ0v) is 20.2. The molecule has 11 heteroatoms.